The molecule has 0 radical (unpaired) electrons. The van der Waals surface area contributed by atoms with Gasteiger partial charge in [0.05, 0.1) is 6.54 Å². The largest absolute Gasteiger partial charge is 0.352 e. The number of nitrogens with one attached hydrogen (secondary N) is 1. The van der Waals surface area contributed by atoms with Gasteiger partial charge in [-0.2, -0.15) is 4.98 Å². The van der Waals surface area contributed by atoms with E-state index in [1.165, 1.54) is 10.9 Å². The zero-order chi connectivity index (χ0) is 13.0. The minimum atomic E-state index is -0.322. The van der Waals surface area contributed by atoms with Crippen molar-refractivity contribution >= 4 is 5.95 Å². The summed E-state index contributed by atoms with van der Waals surface area (Å²) in [7, 11) is 0. The lowest BCUT2D eigenvalue weighted by molar-refractivity contribution is 0.695. The van der Waals surface area contributed by atoms with Gasteiger partial charge in [0.25, 0.3) is 0 Å². The van der Waals surface area contributed by atoms with Gasteiger partial charge >= 0.3 is 5.69 Å². The summed E-state index contributed by atoms with van der Waals surface area (Å²) in [6.45, 7) is 4.35. The van der Waals surface area contributed by atoms with E-state index in [0.29, 0.717) is 12.5 Å². The summed E-state index contributed by atoms with van der Waals surface area (Å²) in [5.41, 5.74) is 0.616. The smallest absolute Gasteiger partial charge is 0.352 e. The second-order valence-electron chi connectivity index (χ2n) is 4.25. The van der Waals surface area contributed by atoms with Gasteiger partial charge in [-0.3, -0.25) is 9.55 Å². The number of rotatable bonds is 4. The summed E-state index contributed by atoms with van der Waals surface area (Å²) in [5, 5.41) is 2.99. The first-order chi connectivity index (χ1) is 8.65. The van der Waals surface area contributed by atoms with E-state index in [2.05, 4.69) is 20.3 Å². The van der Waals surface area contributed by atoms with Crippen LogP contribution in [0.3, 0.4) is 0 Å². The van der Waals surface area contributed by atoms with Crippen LogP contribution in [0.1, 0.15) is 19.4 Å². The van der Waals surface area contributed by atoms with Crippen LogP contribution in [0.15, 0.2) is 35.6 Å². The molecular formula is C12H15N5O. The highest BCUT2D eigenvalue weighted by atomic mass is 16.1. The molecule has 1 N–H and O–H groups in total. The molecule has 0 aromatic carbocycles. The molecule has 18 heavy (non-hydrogen) atoms. The minimum absolute atomic E-state index is 0.193. The van der Waals surface area contributed by atoms with Crippen molar-refractivity contribution in [2.75, 3.05) is 5.32 Å². The fraction of sp³-hybridized carbons (Fsp3) is 0.333. The normalized spacial score (nSPS) is 10.6. The van der Waals surface area contributed by atoms with Crippen molar-refractivity contribution in [1.29, 1.82) is 0 Å². The van der Waals surface area contributed by atoms with Gasteiger partial charge in [-0.15, -0.1) is 0 Å². The van der Waals surface area contributed by atoms with Crippen molar-refractivity contribution in [3.05, 3.63) is 46.9 Å². The van der Waals surface area contributed by atoms with Crippen LogP contribution in [0.2, 0.25) is 0 Å². The maximum Gasteiger partial charge on any atom is 0.352 e. The molecule has 0 bridgehead atoms. The molecule has 0 spiro atoms. The Morgan fingerprint density at radius 1 is 1.44 bits per heavy atom. The predicted molar refractivity (Wildman–Crippen MR) is 68.4 cm³/mol. The number of aromatic nitrogens is 4. The van der Waals surface area contributed by atoms with Gasteiger partial charge in [0.15, 0.2) is 0 Å². The third-order valence-electron chi connectivity index (χ3n) is 2.26. The number of pyridine rings is 1. The van der Waals surface area contributed by atoms with Crippen molar-refractivity contribution in [2.24, 2.45) is 0 Å². The van der Waals surface area contributed by atoms with Crippen molar-refractivity contribution in [1.82, 2.24) is 19.5 Å². The highest BCUT2D eigenvalue weighted by Gasteiger charge is 2.03. The van der Waals surface area contributed by atoms with Crippen LogP contribution in [0.5, 0.6) is 0 Å². The quantitative estimate of drug-likeness (QED) is 0.866. The van der Waals surface area contributed by atoms with Gasteiger partial charge in [-0.1, -0.05) is 6.07 Å². The zero-order valence-corrected chi connectivity index (χ0v) is 10.4. The average molecular weight is 245 g/mol. The molecule has 0 amide bonds. The lowest BCUT2D eigenvalue weighted by Crippen LogP contribution is -2.26. The van der Waals surface area contributed by atoms with E-state index in [-0.39, 0.29) is 11.7 Å². The van der Waals surface area contributed by atoms with E-state index in [0.717, 1.165) is 5.56 Å². The van der Waals surface area contributed by atoms with Crippen molar-refractivity contribution in [3.63, 3.8) is 0 Å². The molecule has 94 valence electrons. The summed E-state index contributed by atoms with van der Waals surface area (Å²) < 4.78 is 1.45. The minimum Gasteiger partial charge on any atom is -0.352 e. The third kappa shape index (κ3) is 3.13. The Bertz CT molecular complexity index is 564. The highest BCUT2D eigenvalue weighted by Crippen LogP contribution is 1.99. The number of nitrogens with zero attached hydrogens (tertiary/aromatic N) is 4. The van der Waals surface area contributed by atoms with Gasteiger partial charge in [0, 0.05) is 18.4 Å². The topological polar surface area (TPSA) is 72.7 Å². The first-order valence-electron chi connectivity index (χ1n) is 5.74. The molecule has 0 aliphatic rings. The Morgan fingerprint density at radius 3 is 2.89 bits per heavy atom. The SMILES string of the molecule is CC(C)Nc1ncn(Cc2cccnc2)c(=O)n1. The fourth-order valence-electron chi connectivity index (χ4n) is 1.48. The summed E-state index contributed by atoms with van der Waals surface area (Å²) in [6.07, 6.45) is 4.90. The van der Waals surface area contributed by atoms with Crippen LogP contribution >= 0.6 is 0 Å². The molecule has 2 rings (SSSR count). The van der Waals surface area contributed by atoms with Crippen LogP contribution in [0.25, 0.3) is 0 Å². The number of hydrogen-bond acceptors (Lipinski definition) is 5. The summed E-state index contributed by atoms with van der Waals surface area (Å²) in [6, 6.07) is 3.92. The van der Waals surface area contributed by atoms with Crippen LogP contribution in [0, 0.1) is 0 Å². The Morgan fingerprint density at radius 2 is 2.28 bits per heavy atom. The van der Waals surface area contributed by atoms with Crippen molar-refractivity contribution in [3.8, 4) is 0 Å². The molecule has 0 saturated carbocycles. The van der Waals surface area contributed by atoms with Crippen LogP contribution in [0.4, 0.5) is 5.95 Å². The van der Waals surface area contributed by atoms with Crippen molar-refractivity contribution in [2.45, 2.75) is 26.4 Å². The molecular weight excluding hydrogens is 230 g/mol. The number of hydrogen-bond donors (Lipinski definition) is 1. The molecule has 0 atom stereocenters. The Hall–Kier alpha value is -2.24. The molecule has 2 aromatic heterocycles. The lowest BCUT2D eigenvalue weighted by atomic mass is 10.3. The average Bonchev–Trinajstić information content (AvgIpc) is 2.33. The monoisotopic (exact) mass is 245 g/mol. The molecule has 0 unspecified atom stereocenters. The van der Waals surface area contributed by atoms with E-state index in [9.17, 15) is 4.79 Å². The molecule has 6 nitrogen and oxygen atoms in total. The molecule has 0 aliphatic heterocycles. The van der Waals surface area contributed by atoms with Gasteiger partial charge < -0.3 is 5.32 Å². The molecule has 0 fully saturated rings. The zero-order valence-electron chi connectivity index (χ0n) is 10.4. The predicted octanol–water partition coefficient (Wildman–Crippen LogP) is 0.902. The van der Waals surface area contributed by atoms with E-state index < -0.39 is 0 Å². The van der Waals surface area contributed by atoms with Crippen LogP contribution in [-0.4, -0.2) is 25.6 Å². The highest BCUT2D eigenvalue weighted by molar-refractivity contribution is 5.22. The maximum absolute atomic E-state index is 11.8. The van der Waals surface area contributed by atoms with Crippen LogP contribution < -0.4 is 11.0 Å². The van der Waals surface area contributed by atoms with Gasteiger partial charge in [0.2, 0.25) is 5.95 Å². The van der Waals surface area contributed by atoms with Crippen LogP contribution in [-0.2, 0) is 6.54 Å². The Balaban J connectivity index is 2.18. The van der Waals surface area contributed by atoms with Gasteiger partial charge in [0.1, 0.15) is 6.33 Å². The third-order valence-corrected chi connectivity index (χ3v) is 2.26. The first-order valence-corrected chi connectivity index (χ1v) is 5.74. The lowest BCUT2D eigenvalue weighted by Gasteiger charge is -2.08. The maximum atomic E-state index is 11.8. The summed E-state index contributed by atoms with van der Waals surface area (Å²) in [4.78, 5) is 23.7. The van der Waals surface area contributed by atoms with E-state index >= 15 is 0 Å². The second-order valence-corrected chi connectivity index (χ2v) is 4.25. The summed E-state index contributed by atoms with van der Waals surface area (Å²) in [5.74, 6) is 0.359. The second kappa shape index (κ2) is 5.39. The van der Waals surface area contributed by atoms with Gasteiger partial charge in [-0.05, 0) is 25.5 Å². The van der Waals surface area contributed by atoms with Crippen molar-refractivity contribution < 1.29 is 0 Å². The first kappa shape index (κ1) is 12.2. The Kier molecular flexibility index (Phi) is 3.66. The molecule has 2 aromatic rings. The fourth-order valence-corrected chi connectivity index (χ4v) is 1.48. The van der Waals surface area contributed by atoms with E-state index in [1.54, 1.807) is 12.4 Å². The summed E-state index contributed by atoms with van der Waals surface area (Å²) >= 11 is 0. The Labute approximate surface area is 105 Å². The molecule has 0 saturated heterocycles. The van der Waals surface area contributed by atoms with Gasteiger partial charge in [-0.25, -0.2) is 9.78 Å². The number of anilines is 1. The van der Waals surface area contributed by atoms with E-state index in [4.69, 9.17) is 0 Å². The molecule has 0 aliphatic carbocycles. The molecule has 6 heteroatoms. The molecule has 2 heterocycles. The van der Waals surface area contributed by atoms with E-state index in [1.807, 2.05) is 26.0 Å². The standard InChI is InChI=1S/C12H15N5O/c1-9(2)15-11-14-8-17(12(18)16-11)7-10-4-3-5-13-6-10/h3-6,8-9H,7H2,1-2H3,(H,15,16,18).